The van der Waals surface area contributed by atoms with Crippen LogP contribution in [-0.4, -0.2) is 9.55 Å². The van der Waals surface area contributed by atoms with Crippen molar-refractivity contribution in [3.8, 4) is 11.3 Å². The van der Waals surface area contributed by atoms with Crippen molar-refractivity contribution in [3.63, 3.8) is 0 Å². The molecular formula is C21H26N4O. The molecule has 0 atom stereocenters. The number of aryl methyl sites for hydroxylation is 2. The average molecular weight is 350 g/mol. The number of nitrogens with two attached hydrogens (primary N) is 1. The Balaban J connectivity index is 2.12. The molecule has 0 radical (unpaired) electrons. The third kappa shape index (κ3) is 2.27. The van der Waals surface area contributed by atoms with Gasteiger partial charge in [0.2, 0.25) is 5.95 Å². The van der Waals surface area contributed by atoms with Gasteiger partial charge in [-0.2, -0.15) is 0 Å². The van der Waals surface area contributed by atoms with Crippen LogP contribution in [0.3, 0.4) is 0 Å². The Morgan fingerprint density at radius 2 is 2.00 bits per heavy atom. The number of hydrogen-bond acceptors (Lipinski definition) is 4. The summed E-state index contributed by atoms with van der Waals surface area (Å²) in [5.41, 5.74) is 9.17. The summed E-state index contributed by atoms with van der Waals surface area (Å²) >= 11 is 0. The smallest absolute Gasteiger partial charge is 0.259 e. The summed E-state index contributed by atoms with van der Waals surface area (Å²) in [5, 5.41) is 0. The van der Waals surface area contributed by atoms with Crippen molar-refractivity contribution in [3.05, 3.63) is 57.4 Å². The zero-order valence-corrected chi connectivity index (χ0v) is 15.6. The molecule has 2 aliphatic rings. The summed E-state index contributed by atoms with van der Waals surface area (Å²) in [4.78, 5) is 18.4. The van der Waals surface area contributed by atoms with Gasteiger partial charge < -0.3 is 0 Å². The minimum absolute atomic E-state index is 0.0244. The quantitative estimate of drug-likeness (QED) is 0.506. The monoisotopic (exact) mass is 350 g/mol. The van der Waals surface area contributed by atoms with Gasteiger partial charge in [0.05, 0.1) is 11.3 Å². The number of nitrogens with zero attached hydrogens (tertiary/aromatic N) is 2. The number of nitrogen functional groups attached to an aromatic ring is 1. The third-order valence-electron chi connectivity index (χ3n) is 6.21. The number of rotatable bonds is 3. The molecule has 0 unspecified atom stereocenters. The third-order valence-corrected chi connectivity index (χ3v) is 6.21. The fraction of sp³-hybridized carbons (Fsp3) is 0.429. The van der Waals surface area contributed by atoms with E-state index in [1.807, 2.05) is 0 Å². The van der Waals surface area contributed by atoms with Crippen LogP contribution >= 0.6 is 0 Å². The second kappa shape index (κ2) is 6.09. The molecule has 0 amide bonds. The summed E-state index contributed by atoms with van der Waals surface area (Å²) in [6.45, 7) is 8.43. The van der Waals surface area contributed by atoms with Crippen LogP contribution in [0.15, 0.2) is 29.6 Å². The summed E-state index contributed by atoms with van der Waals surface area (Å²) in [6.07, 6.45) is 7.07. The highest BCUT2D eigenvalue weighted by Crippen LogP contribution is 2.51. The summed E-state index contributed by atoms with van der Waals surface area (Å²) in [7, 11) is 0. The van der Waals surface area contributed by atoms with E-state index in [0.717, 1.165) is 54.5 Å². The molecule has 1 spiro atoms. The SMILES string of the molecule is C=CCn1c(NN)nc2c(c1=O)C1(CCCC1)Cc1c(C)ccc(C)c1-2. The van der Waals surface area contributed by atoms with Gasteiger partial charge in [-0.3, -0.25) is 14.8 Å². The highest BCUT2D eigenvalue weighted by molar-refractivity contribution is 5.76. The van der Waals surface area contributed by atoms with Crippen molar-refractivity contribution in [2.45, 2.75) is 57.9 Å². The zero-order valence-electron chi connectivity index (χ0n) is 15.6. The number of benzene rings is 1. The van der Waals surface area contributed by atoms with Crippen LogP contribution in [0.1, 0.15) is 47.9 Å². The van der Waals surface area contributed by atoms with Crippen molar-refractivity contribution in [1.29, 1.82) is 0 Å². The predicted octanol–water partition coefficient (Wildman–Crippen LogP) is 3.37. The molecule has 4 rings (SSSR count). The largest absolute Gasteiger partial charge is 0.294 e. The van der Waals surface area contributed by atoms with E-state index in [1.165, 1.54) is 11.1 Å². The second-order valence-corrected chi connectivity index (χ2v) is 7.72. The molecule has 2 aromatic rings. The molecule has 0 bridgehead atoms. The van der Waals surface area contributed by atoms with Gasteiger partial charge in [-0.15, -0.1) is 6.58 Å². The normalized spacial score (nSPS) is 17.0. The summed E-state index contributed by atoms with van der Waals surface area (Å²) in [6, 6.07) is 4.31. The first-order chi connectivity index (χ1) is 12.5. The van der Waals surface area contributed by atoms with Crippen LogP contribution in [0.2, 0.25) is 0 Å². The average Bonchev–Trinajstić information content (AvgIpc) is 3.08. The van der Waals surface area contributed by atoms with Crippen LogP contribution in [0.4, 0.5) is 5.95 Å². The molecule has 1 fully saturated rings. The Kier molecular flexibility index (Phi) is 3.99. The molecular weight excluding hydrogens is 324 g/mol. The van der Waals surface area contributed by atoms with Gasteiger partial charge in [-0.05, 0) is 49.8 Å². The number of nitrogens with one attached hydrogen (secondary N) is 1. The van der Waals surface area contributed by atoms with Crippen LogP contribution in [0, 0.1) is 13.8 Å². The Bertz CT molecular complexity index is 951. The number of aromatic nitrogens is 2. The number of allylic oxidation sites excluding steroid dienone is 1. The molecule has 1 heterocycles. The number of fused-ring (bicyclic) bond motifs is 4. The molecule has 0 saturated heterocycles. The van der Waals surface area contributed by atoms with Gasteiger partial charge in [0.25, 0.3) is 5.56 Å². The topological polar surface area (TPSA) is 72.9 Å². The van der Waals surface area contributed by atoms with Crippen molar-refractivity contribution >= 4 is 5.95 Å². The van der Waals surface area contributed by atoms with Gasteiger partial charge in [-0.1, -0.05) is 31.1 Å². The fourth-order valence-corrected chi connectivity index (χ4v) is 4.95. The molecule has 5 nitrogen and oxygen atoms in total. The van der Waals surface area contributed by atoms with Crippen molar-refractivity contribution in [2.75, 3.05) is 5.43 Å². The van der Waals surface area contributed by atoms with E-state index in [1.54, 1.807) is 10.6 Å². The Labute approximate surface area is 153 Å². The Morgan fingerprint density at radius 1 is 1.31 bits per heavy atom. The molecule has 1 saturated carbocycles. The van der Waals surface area contributed by atoms with Crippen LogP contribution < -0.4 is 16.8 Å². The van der Waals surface area contributed by atoms with Gasteiger partial charge in [-0.25, -0.2) is 10.8 Å². The zero-order chi connectivity index (χ0) is 18.5. The minimum atomic E-state index is -0.0962. The lowest BCUT2D eigenvalue weighted by Gasteiger charge is -2.37. The molecule has 0 aliphatic heterocycles. The van der Waals surface area contributed by atoms with Gasteiger partial charge in [0, 0.05) is 17.5 Å². The lowest BCUT2D eigenvalue weighted by molar-refractivity contribution is 0.421. The Morgan fingerprint density at radius 3 is 2.65 bits per heavy atom. The first-order valence-electron chi connectivity index (χ1n) is 9.34. The van der Waals surface area contributed by atoms with E-state index in [-0.39, 0.29) is 11.0 Å². The van der Waals surface area contributed by atoms with E-state index in [9.17, 15) is 4.79 Å². The molecule has 1 aromatic heterocycles. The van der Waals surface area contributed by atoms with E-state index >= 15 is 0 Å². The van der Waals surface area contributed by atoms with Gasteiger partial charge in [0.1, 0.15) is 0 Å². The van der Waals surface area contributed by atoms with E-state index < -0.39 is 0 Å². The first-order valence-corrected chi connectivity index (χ1v) is 9.34. The van der Waals surface area contributed by atoms with Crippen LogP contribution in [0.25, 0.3) is 11.3 Å². The maximum absolute atomic E-state index is 13.5. The fourth-order valence-electron chi connectivity index (χ4n) is 4.95. The van der Waals surface area contributed by atoms with Crippen molar-refractivity contribution in [2.24, 2.45) is 5.84 Å². The van der Waals surface area contributed by atoms with Crippen LogP contribution in [-0.2, 0) is 18.4 Å². The number of hydrogen-bond donors (Lipinski definition) is 2. The number of anilines is 1. The highest BCUT2D eigenvalue weighted by Gasteiger charge is 2.45. The molecule has 136 valence electrons. The standard InChI is InChI=1S/C21H26N4O/c1-4-11-25-19(26)17-18(23-20(25)24-22)16-14(3)8-7-13(2)15(16)12-21(17)9-5-6-10-21/h4,7-8H,1,5-6,9-12,22H2,2-3H3,(H,23,24). The molecule has 2 aliphatic carbocycles. The predicted molar refractivity (Wildman–Crippen MR) is 105 cm³/mol. The lowest BCUT2D eigenvalue weighted by atomic mass is 9.67. The van der Waals surface area contributed by atoms with Crippen molar-refractivity contribution in [1.82, 2.24) is 9.55 Å². The van der Waals surface area contributed by atoms with Gasteiger partial charge >= 0.3 is 0 Å². The minimum Gasteiger partial charge on any atom is -0.294 e. The van der Waals surface area contributed by atoms with E-state index in [0.29, 0.717) is 12.5 Å². The maximum atomic E-state index is 13.5. The first kappa shape index (κ1) is 17.0. The summed E-state index contributed by atoms with van der Waals surface area (Å²) < 4.78 is 1.61. The van der Waals surface area contributed by atoms with E-state index in [2.05, 4.69) is 38.0 Å². The Hall–Kier alpha value is -2.40. The van der Waals surface area contributed by atoms with Crippen LogP contribution in [0.5, 0.6) is 0 Å². The lowest BCUT2D eigenvalue weighted by Crippen LogP contribution is -2.41. The maximum Gasteiger partial charge on any atom is 0.259 e. The molecule has 3 N–H and O–H groups in total. The van der Waals surface area contributed by atoms with Crippen molar-refractivity contribution < 1.29 is 0 Å². The number of hydrazine groups is 1. The highest BCUT2D eigenvalue weighted by atomic mass is 16.1. The molecule has 26 heavy (non-hydrogen) atoms. The van der Waals surface area contributed by atoms with E-state index in [4.69, 9.17) is 10.8 Å². The second-order valence-electron chi connectivity index (χ2n) is 7.72. The van der Waals surface area contributed by atoms with Gasteiger partial charge in [0.15, 0.2) is 0 Å². The molecule has 5 heteroatoms. The molecule has 1 aromatic carbocycles. The summed E-state index contributed by atoms with van der Waals surface area (Å²) in [5.74, 6) is 6.11.